The van der Waals surface area contributed by atoms with E-state index < -0.39 is 10.0 Å². The first kappa shape index (κ1) is 22.9. The van der Waals surface area contributed by atoms with Crippen LogP contribution in [0, 0.1) is 0 Å². The second-order valence-corrected chi connectivity index (χ2v) is 8.97. The summed E-state index contributed by atoms with van der Waals surface area (Å²) in [5.74, 6) is 1.08. The predicted molar refractivity (Wildman–Crippen MR) is 114 cm³/mol. The van der Waals surface area contributed by atoms with E-state index in [0.29, 0.717) is 31.7 Å². The maximum absolute atomic E-state index is 11.8. The number of sulfonamides is 1. The topological polar surface area (TPSA) is 77.0 Å². The van der Waals surface area contributed by atoms with Crippen LogP contribution in [0.1, 0.15) is 40.0 Å². The van der Waals surface area contributed by atoms with Gasteiger partial charge in [0.1, 0.15) is 0 Å². The second kappa shape index (κ2) is 10.9. The number of hydrogen-bond donors (Lipinski definition) is 2. The third-order valence-electron chi connectivity index (χ3n) is 4.77. The van der Waals surface area contributed by atoms with E-state index in [1.807, 2.05) is 6.92 Å². The maximum atomic E-state index is 11.8. The van der Waals surface area contributed by atoms with Crippen molar-refractivity contribution < 1.29 is 8.42 Å². The molecule has 2 N–H and O–H groups in total. The highest BCUT2D eigenvalue weighted by atomic mass is 127. The van der Waals surface area contributed by atoms with Crippen LogP contribution in [0.4, 0.5) is 0 Å². The summed E-state index contributed by atoms with van der Waals surface area (Å²) in [7, 11) is -3.02. The predicted octanol–water partition coefficient (Wildman–Crippen LogP) is 1.07. The highest BCUT2D eigenvalue weighted by Crippen LogP contribution is 2.13. The number of nitrogens with one attached hydrogen (secondary N) is 2. The Balaban J connectivity index is 0.00000312. The standard InChI is InChI=1S/C16H33N5O2S.HI/c1-4-17-16(18-8-12-21-9-5-13-24(21,22)23)19-15-6-10-20(11-7-15)14(2)3;/h14-15H,4-13H2,1-3H3,(H2,17,18,19);1H. The van der Waals surface area contributed by atoms with Gasteiger partial charge in [-0.15, -0.1) is 24.0 Å². The van der Waals surface area contributed by atoms with Gasteiger partial charge in [-0.05, 0) is 40.0 Å². The lowest BCUT2D eigenvalue weighted by Gasteiger charge is -2.35. The molecule has 0 bridgehead atoms. The first-order valence-corrected chi connectivity index (χ1v) is 10.8. The van der Waals surface area contributed by atoms with Crippen LogP contribution in [0.25, 0.3) is 0 Å². The van der Waals surface area contributed by atoms with Crippen molar-refractivity contribution in [3.05, 3.63) is 0 Å². The van der Waals surface area contributed by atoms with Gasteiger partial charge >= 0.3 is 0 Å². The van der Waals surface area contributed by atoms with Gasteiger partial charge in [-0.2, -0.15) is 0 Å². The molecule has 2 aliphatic rings. The smallest absolute Gasteiger partial charge is 0.214 e. The number of likely N-dealkylation sites (tertiary alicyclic amines) is 1. The molecule has 0 aromatic heterocycles. The largest absolute Gasteiger partial charge is 0.357 e. The third kappa shape index (κ3) is 7.18. The molecule has 0 spiro atoms. The minimum absolute atomic E-state index is 0. The zero-order valence-electron chi connectivity index (χ0n) is 15.7. The van der Waals surface area contributed by atoms with E-state index in [9.17, 15) is 8.42 Å². The molecule has 0 saturated carbocycles. The zero-order valence-corrected chi connectivity index (χ0v) is 18.8. The minimum Gasteiger partial charge on any atom is -0.357 e. The molecular formula is C16H34IN5O2S. The molecule has 2 fully saturated rings. The van der Waals surface area contributed by atoms with Crippen molar-refractivity contribution in [2.75, 3.05) is 45.0 Å². The normalized spacial score (nSPS) is 22.8. The molecule has 0 radical (unpaired) electrons. The molecule has 0 unspecified atom stereocenters. The molecule has 2 aliphatic heterocycles. The van der Waals surface area contributed by atoms with Gasteiger partial charge in [0.25, 0.3) is 0 Å². The Morgan fingerprint density at radius 3 is 2.44 bits per heavy atom. The van der Waals surface area contributed by atoms with Crippen molar-refractivity contribution >= 4 is 40.0 Å². The van der Waals surface area contributed by atoms with Crippen molar-refractivity contribution in [2.24, 2.45) is 4.99 Å². The van der Waals surface area contributed by atoms with Gasteiger partial charge in [0.05, 0.1) is 12.3 Å². The first-order chi connectivity index (χ1) is 11.4. The molecule has 25 heavy (non-hydrogen) atoms. The highest BCUT2D eigenvalue weighted by molar-refractivity contribution is 14.0. The lowest BCUT2D eigenvalue weighted by molar-refractivity contribution is 0.167. The van der Waals surface area contributed by atoms with Gasteiger partial charge in [0, 0.05) is 44.8 Å². The number of halogens is 1. The van der Waals surface area contributed by atoms with E-state index in [2.05, 4.69) is 34.4 Å². The fourth-order valence-corrected chi connectivity index (χ4v) is 4.81. The zero-order chi connectivity index (χ0) is 17.6. The van der Waals surface area contributed by atoms with Crippen LogP contribution in [-0.2, 0) is 10.0 Å². The van der Waals surface area contributed by atoms with E-state index in [4.69, 9.17) is 0 Å². The molecule has 0 aliphatic carbocycles. The van der Waals surface area contributed by atoms with Gasteiger partial charge < -0.3 is 15.5 Å². The number of nitrogens with zero attached hydrogens (tertiary/aromatic N) is 3. The number of piperidine rings is 1. The van der Waals surface area contributed by atoms with Crippen molar-refractivity contribution in [1.82, 2.24) is 19.8 Å². The van der Waals surface area contributed by atoms with E-state index in [0.717, 1.165) is 44.9 Å². The van der Waals surface area contributed by atoms with Crippen LogP contribution in [-0.4, -0.2) is 80.7 Å². The Labute approximate surface area is 170 Å². The fourth-order valence-electron chi connectivity index (χ4n) is 3.29. The molecule has 2 rings (SSSR count). The minimum atomic E-state index is -3.02. The monoisotopic (exact) mass is 487 g/mol. The molecule has 0 atom stereocenters. The SMILES string of the molecule is CCNC(=NCCN1CCCS1(=O)=O)NC1CCN(C(C)C)CC1.I. The van der Waals surface area contributed by atoms with E-state index >= 15 is 0 Å². The van der Waals surface area contributed by atoms with Gasteiger partial charge in [0.15, 0.2) is 5.96 Å². The molecule has 2 heterocycles. The third-order valence-corrected chi connectivity index (χ3v) is 6.72. The molecule has 9 heteroatoms. The van der Waals surface area contributed by atoms with Crippen molar-refractivity contribution in [1.29, 1.82) is 0 Å². The van der Waals surface area contributed by atoms with E-state index in [1.54, 1.807) is 4.31 Å². The van der Waals surface area contributed by atoms with Crippen LogP contribution in [0.5, 0.6) is 0 Å². The number of rotatable bonds is 6. The van der Waals surface area contributed by atoms with Crippen LogP contribution in [0.15, 0.2) is 4.99 Å². The first-order valence-electron chi connectivity index (χ1n) is 9.19. The van der Waals surface area contributed by atoms with Gasteiger partial charge in [-0.1, -0.05) is 0 Å². The summed E-state index contributed by atoms with van der Waals surface area (Å²) >= 11 is 0. The van der Waals surface area contributed by atoms with E-state index in [-0.39, 0.29) is 29.7 Å². The molecule has 0 amide bonds. The molecule has 148 valence electrons. The molecule has 2 saturated heterocycles. The maximum Gasteiger partial charge on any atom is 0.214 e. The van der Waals surface area contributed by atoms with Gasteiger partial charge in [-0.3, -0.25) is 4.99 Å². The highest BCUT2D eigenvalue weighted by Gasteiger charge is 2.27. The van der Waals surface area contributed by atoms with Crippen LogP contribution >= 0.6 is 24.0 Å². The molecular weight excluding hydrogens is 453 g/mol. The van der Waals surface area contributed by atoms with Gasteiger partial charge in [0.2, 0.25) is 10.0 Å². The van der Waals surface area contributed by atoms with Crippen LogP contribution in [0.3, 0.4) is 0 Å². The average molecular weight is 487 g/mol. The summed E-state index contributed by atoms with van der Waals surface area (Å²) in [6.45, 7) is 11.2. The number of hydrogen-bond acceptors (Lipinski definition) is 4. The Hall–Kier alpha value is -0.130. The Bertz CT molecular complexity index is 519. The summed E-state index contributed by atoms with van der Waals surface area (Å²) in [5.41, 5.74) is 0. The Morgan fingerprint density at radius 1 is 1.24 bits per heavy atom. The van der Waals surface area contributed by atoms with Crippen molar-refractivity contribution in [3.63, 3.8) is 0 Å². The summed E-state index contributed by atoms with van der Waals surface area (Å²) in [4.78, 5) is 7.07. The van der Waals surface area contributed by atoms with Crippen molar-refractivity contribution in [2.45, 2.75) is 52.1 Å². The van der Waals surface area contributed by atoms with Crippen LogP contribution < -0.4 is 10.6 Å². The second-order valence-electron chi connectivity index (χ2n) is 6.88. The van der Waals surface area contributed by atoms with Crippen molar-refractivity contribution in [3.8, 4) is 0 Å². The molecule has 0 aromatic carbocycles. The summed E-state index contributed by atoms with van der Waals surface area (Å²) in [6.07, 6.45) is 2.96. The lowest BCUT2D eigenvalue weighted by atomic mass is 10.0. The average Bonchev–Trinajstić information content (AvgIpc) is 2.87. The summed E-state index contributed by atoms with van der Waals surface area (Å²) < 4.78 is 25.2. The summed E-state index contributed by atoms with van der Waals surface area (Å²) in [5, 5.41) is 6.77. The van der Waals surface area contributed by atoms with Crippen LogP contribution in [0.2, 0.25) is 0 Å². The number of guanidine groups is 1. The number of aliphatic imine (C=N–C) groups is 1. The Morgan fingerprint density at radius 2 is 1.92 bits per heavy atom. The van der Waals surface area contributed by atoms with Gasteiger partial charge in [-0.25, -0.2) is 12.7 Å². The Kier molecular flexibility index (Phi) is 9.97. The molecule has 7 nitrogen and oxygen atoms in total. The fraction of sp³-hybridized carbons (Fsp3) is 0.938. The lowest BCUT2D eigenvalue weighted by Crippen LogP contribution is -2.50. The molecule has 0 aromatic rings. The summed E-state index contributed by atoms with van der Waals surface area (Å²) in [6, 6.07) is 1.04. The quantitative estimate of drug-likeness (QED) is 0.333. The van der Waals surface area contributed by atoms with E-state index in [1.165, 1.54) is 0 Å².